The lowest BCUT2D eigenvalue weighted by Crippen LogP contribution is -2.37. The van der Waals surface area contributed by atoms with E-state index in [-0.39, 0.29) is 18.4 Å². The molecular formula is C19H19N3O2. The third-order valence-electron chi connectivity index (χ3n) is 3.84. The maximum atomic E-state index is 11.9. The number of carbonyl (C=O) groups is 2. The minimum Gasteiger partial charge on any atom is -0.361 e. The van der Waals surface area contributed by atoms with Crippen molar-refractivity contribution in [1.29, 1.82) is 0 Å². The summed E-state index contributed by atoms with van der Waals surface area (Å²) in [5.74, 6) is -0.443. The van der Waals surface area contributed by atoms with E-state index in [0.717, 1.165) is 11.9 Å². The van der Waals surface area contributed by atoms with Crippen molar-refractivity contribution in [2.75, 3.05) is 13.1 Å². The molecule has 3 N–H and O–H groups in total. The van der Waals surface area contributed by atoms with Crippen molar-refractivity contribution in [3.63, 3.8) is 0 Å². The van der Waals surface area contributed by atoms with Gasteiger partial charge in [0.1, 0.15) is 0 Å². The average molecular weight is 321 g/mol. The molecule has 0 radical (unpaired) electrons. The molecule has 0 bridgehead atoms. The second kappa shape index (κ2) is 7.46. The van der Waals surface area contributed by atoms with Crippen LogP contribution in [0.2, 0.25) is 0 Å². The van der Waals surface area contributed by atoms with Gasteiger partial charge in [-0.2, -0.15) is 0 Å². The van der Waals surface area contributed by atoms with Crippen LogP contribution in [0.4, 0.5) is 0 Å². The number of aromatic nitrogens is 1. The SMILES string of the molecule is O=C(CNC(=O)c1ccccc1)NCCc1c[nH]c2ccccc12. The Morgan fingerprint density at radius 2 is 1.67 bits per heavy atom. The number of benzene rings is 2. The molecule has 3 aromatic rings. The summed E-state index contributed by atoms with van der Waals surface area (Å²) in [7, 11) is 0. The highest BCUT2D eigenvalue weighted by Gasteiger charge is 2.08. The van der Waals surface area contributed by atoms with Crippen molar-refractivity contribution in [2.45, 2.75) is 6.42 Å². The Morgan fingerprint density at radius 1 is 0.917 bits per heavy atom. The quantitative estimate of drug-likeness (QED) is 0.651. The van der Waals surface area contributed by atoms with Gasteiger partial charge in [-0.25, -0.2) is 0 Å². The van der Waals surface area contributed by atoms with Crippen LogP contribution < -0.4 is 10.6 Å². The lowest BCUT2D eigenvalue weighted by atomic mass is 10.1. The van der Waals surface area contributed by atoms with Crippen molar-refractivity contribution in [3.05, 3.63) is 71.9 Å². The molecule has 0 saturated heterocycles. The molecule has 0 spiro atoms. The average Bonchev–Trinajstić information content (AvgIpc) is 3.04. The highest BCUT2D eigenvalue weighted by Crippen LogP contribution is 2.17. The third-order valence-corrected chi connectivity index (χ3v) is 3.84. The van der Waals surface area contributed by atoms with Crippen molar-refractivity contribution in [3.8, 4) is 0 Å². The Labute approximate surface area is 140 Å². The van der Waals surface area contributed by atoms with Crippen LogP contribution in [0.1, 0.15) is 15.9 Å². The van der Waals surface area contributed by atoms with Gasteiger partial charge < -0.3 is 15.6 Å². The molecule has 1 aromatic heterocycles. The fourth-order valence-electron chi connectivity index (χ4n) is 2.59. The number of carbonyl (C=O) groups excluding carboxylic acids is 2. The first-order valence-corrected chi connectivity index (χ1v) is 7.89. The van der Waals surface area contributed by atoms with Gasteiger partial charge in [0.15, 0.2) is 0 Å². The number of hydrogen-bond donors (Lipinski definition) is 3. The molecule has 0 aliphatic heterocycles. The number of nitrogens with one attached hydrogen (secondary N) is 3. The number of amides is 2. The Balaban J connectivity index is 1.44. The van der Waals surface area contributed by atoms with Crippen LogP contribution >= 0.6 is 0 Å². The van der Waals surface area contributed by atoms with Gasteiger partial charge in [-0.3, -0.25) is 9.59 Å². The summed E-state index contributed by atoms with van der Waals surface area (Å²) in [6, 6.07) is 16.9. The molecule has 2 aromatic carbocycles. The number of H-pyrrole nitrogens is 1. The topological polar surface area (TPSA) is 74.0 Å². The second-order valence-corrected chi connectivity index (χ2v) is 5.51. The Morgan fingerprint density at radius 3 is 2.50 bits per heavy atom. The smallest absolute Gasteiger partial charge is 0.251 e. The maximum Gasteiger partial charge on any atom is 0.251 e. The summed E-state index contributed by atoms with van der Waals surface area (Å²) < 4.78 is 0. The van der Waals surface area contributed by atoms with E-state index in [1.54, 1.807) is 24.3 Å². The summed E-state index contributed by atoms with van der Waals surface area (Å²) in [5.41, 5.74) is 2.80. The highest BCUT2D eigenvalue weighted by molar-refractivity contribution is 5.96. The van der Waals surface area contributed by atoms with Gasteiger partial charge in [0.05, 0.1) is 6.54 Å². The van der Waals surface area contributed by atoms with Crippen LogP contribution in [0.25, 0.3) is 10.9 Å². The zero-order chi connectivity index (χ0) is 16.8. The Kier molecular flexibility index (Phi) is 4.91. The highest BCUT2D eigenvalue weighted by atomic mass is 16.2. The molecule has 0 saturated carbocycles. The Bertz CT molecular complexity index is 840. The maximum absolute atomic E-state index is 11.9. The number of aromatic amines is 1. The van der Waals surface area contributed by atoms with Gasteiger partial charge in [0.2, 0.25) is 5.91 Å². The standard InChI is InChI=1S/C19H19N3O2/c23-18(13-22-19(24)14-6-2-1-3-7-14)20-11-10-15-12-21-17-9-5-4-8-16(15)17/h1-9,12,21H,10-11,13H2,(H,20,23)(H,22,24). The first-order valence-electron chi connectivity index (χ1n) is 7.89. The molecule has 24 heavy (non-hydrogen) atoms. The summed E-state index contributed by atoms with van der Waals surface area (Å²) in [6.07, 6.45) is 2.70. The number of para-hydroxylation sites is 1. The normalized spacial score (nSPS) is 10.5. The van der Waals surface area contributed by atoms with E-state index in [1.165, 1.54) is 10.9 Å². The van der Waals surface area contributed by atoms with Gasteiger partial charge in [-0.1, -0.05) is 36.4 Å². The molecule has 5 nitrogen and oxygen atoms in total. The second-order valence-electron chi connectivity index (χ2n) is 5.51. The van der Waals surface area contributed by atoms with Crippen molar-refractivity contribution in [2.24, 2.45) is 0 Å². The summed E-state index contributed by atoms with van der Waals surface area (Å²) in [5, 5.41) is 6.61. The number of fused-ring (bicyclic) bond motifs is 1. The first kappa shape index (κ1) is 15.8. The van der Waals surface area contributed by atoms with Crippen molar-refractivity contribution < 1.29 is 9.59 Å². The zero-order valence-electron chi connectivity index (χ0n) is 13.2. The van der Waals surface area contributed by atoms with Gasteiger partial charge >= 0.3 is 0 Å². The van der Waals surface area contributed by atoms with E-state index in [0.29, 0.717) is 12.1 Å². The molecule has 3 rings (SSSR count). The van der Waals surface area contributed by atoms with Gasteiger partial charge in [0, 0.05) is 29.2 Å². The zero-order valence-corrected chi connectivity index (χ0v) is 13.2. The summed E-state index contributed by atoms with van der Waals surface area (Å²) >= 11 is 0. The molecule has 0 aliphatic carbocycles. The molecular weight excluding hydrogens is 302 g/mol. The minimum atomic E-state index is -0.248. The van der Waals surface area contributed by atoms with E-state index in [9.17, 15) is 9.59 Å². The monoisotopic (exact) mass is 321 g/mol. The molecule has 5 heteroatoms. The predicted molar refractivity (Wildman–Crippen MR) is 93.8 cm³/mol. The van der Waals surface area contributed by atoms with E-state index in [2.05, 4.69) is 21.7 Å². The minimum absolute atomic E-state index is 0.0262. The van der Waals surface area contributed by atoms with Gasteiger partial charge in [0.25, 0.3) is 5.91 Å². The molecule has 0 unspecified atom stereocenters. The molecule has 0 atom stereocenters. The predicted octanol–water partition coefficient (Wildman–Crippen LogP) is 2.26. The fraction of sp³-hybridized carbons (Fsp3) is 0.158. The van der Waals surface area contributed by atoms with Crippen LogP contribution in [0.5, 0.6) is 0 Å². The van der Waals surface area contributed by atoms with Crippen LogP contribution in [-0.4, -0.2) is 29.9 Å². The molecule has 0 aliphatic rings. The molecule has 2 amide bonds. The largest absolute Gasteiger partial charge is 0.361 e. The fourth-order valence-corrected chi connectivity index (χ4v) is 2.59. The van der Waals surface area contributed by atoms with Crippen LogP contribution in [0.15, 0.2) is 60.8 Å². The van der Waals surface area contributed by atoms with Crippen molar-refractivity contribution >= 4 is 22.7 Å². The van der Waals surface area contributed by atoms with Crippen LogP contribution in [0.3, 0.4) is 0 Å². The van der Waals surface area contributed by atoms with E-state index < -0.39 is 0 Å². The first-order chi connectivity index (χ1) is 11.7. The lowest BCUT2D eigenvalue weighted by molar-refractivity contribution is -0.120. The van der Waals surface area contributed by atoms with Crippen LogP contribution in [-0.2, 0) is 11.2 Å². The summed E-state index contributed by atoms with van der Waals surface area (Å²) in [4.78, 5) is 26.9. The number of rotatable bonds is 6. The summed E-state index contributed by atoms with van der Waals surface area (Å²) in [6.45, 7) is 0.503. The van der Waals surface area contributed by atoms with Gasteiger partial charge in [-0.05, 0) is 30.2 Å². The lowest BCUT2D eigenvalue weighted by Gasteiger charge is -2.07. The Hall–Kier alpha value is -3.08. The van der Waals surface area contributed by atoms with E-state index in [4.69, 9.17) is 0 Å². The molecule has 1 heterocycles. The van der Waals surface area contributed by atoms with Crippen molar-refractivity contribution in [1.82, 2.24) is 15.6 Å². The number of hydrogen-bond acceptors (Lipinski definition) is 2. The third kappa shape index (κ3) is 3.81. The molecule has 122 valence electrons. The van der Waals surface area contributed by atoms with Crippen LogP contribution in [0, 0.1) is 0 Å². The van der Waals surface area contributed by atoms with E-state index in [1.807, 2.05) is 30.5 Å². The van der Waals surface area contributed by atoms with E-state index >= 15 is 0 Å². The molecule has 0 fully saturated rings. The van der Waals surface area contributed by atoms with Gasteiger partial charge in [-0.15, -0.1) is 0 Å².